The number of esters is 1. The van der Waals surface area contributed by atoms with Crippen molar-refractivity contribution in [3.8, 4) is 5.00 Å². The first kappa shape index (κ1) is 19.9. The van der Waals surface area contributed by atoms with Gasteiger partial charge in [-0.25, -0.2) is 0 Å². The van der Waals surface area contributed by atoms with Crippen LogP contribution in [0, 0.1) is 20.8 Å². The Balaban J connectivity index is 2.35. The van der Waals surface area contributed by atoms with Crippen molar-refractivity contribution in [3.63, 3.8) is 0 Å². The van der Waals surface area contributed by atoms with Crippen molar-refractivity contribution in [3.05, 3.63) is 64.1 Å². The normalized spacial score (nSPS) is 16.4. The van der Waals surface area contributed by atoms with Crippen molar-refractivity contribution in [2.24, 2.45) is 4.99 Å². The quantitative estimate of drug-likeness (QED) is 0.556. The van der Waals surface area contributed by atoms with Gasteiger partial charge in [-0.1, -0.05) is 30.9 Å². The molecule has 0 saturated carbocycles. The van der Waals surface area contributed by atoms with E-state index in [9.17, 15) is 4.79 Å². The highest BCUT2D eigenvalue weighted by molar-refractivity contribution is 7.15. The second-order valence-electron chi connectivity index (χ2n) is 6.54. The summed E-state index contributed by atoms with van der Waals surface area (Å²) < 4.78 is 6.92. The van der Waals surface area contributed by atoms with E-state index in [2.05, 4.69) is 30.6 Å². The molecule has 3 rings (SSSR count). The molecule has 0 aromatic carbocycles. The van der Waals surface area contributed by atoms with Gasteiger partial charge in [0.2, 0.25) is 0 Å². The van der Waals surface area contributed by atoms with Crippen molar-refractivity contribution < 1.29 is 9.53 Å². The average Bonchev–Trinajstić information content (AvgIpc) is 3.14. The van der Waals surface area contributed by atoms with E-state index in [1.54, 1.807) is 17.4 Å². The third-order valence-corrected chi connectivity index (χ3v) is 5.94. The number of hydrogen-bond donors (Lipinski definition) is 0. The van der Waals surface area contributed by atoms with E-state index in [-0.39, 0.29) is 12.4 Å². The van der Waals surface area contributed by atoms with Gasteiger partial charge in [-0.05, 0) is 33.3 Å². The number of carbonyl (C=O) groups is 1. The molecule has 0 amide bonds. The van der Waals surface area contributed by atoms with Crippen LogP contribution < -0.4 is 0 Å². The molecular weight excluding hydrogens is 372 g/mol. The number of allylic oxidation sites excluding steroid dienone is 5. The molecule has 0 aliphatic carbocycles. The van der Waals surface area contributed by atoms with E-state index >= 15 is 0 Å². The molecule has 2 aromatic rings. The van der Waals surface area contributed by atoms with Crippen LogP contribution in [-0.4, -0.2) is 33.6 Å². The van der Waals surface area contributed by atoms with Crippen LogP contribution in [0.4, 0.5) is 0 Å². The van der Waals surface area contributed by atoms with Gasteiger partial charge in [0.15, 0.2) is 5.82 Å². The Morgan fingerprint density at radius 1 is 1.32 bits per heavy atom. The van der Waals surface area contributed by atoms with Crippen LogP contribution in [0.15, 0.2) is 41.4 Å². The molecule has 2 aromatic heterocycles. The van der Waals surface area contributed by atoms with Gasteiger partial charge in [-0.15, -0.1) is 21.5 Å². The third kappa shape index (κ3) is 3.38. The summed E-state index contributed by atoms with van der Waals surface area (Å²) in [5.41, 5.74) is 3.97. The fourth-order valence-electron chi connectivity index (χ4n) is 3.29. The Bertz CT molecular complexity index is 1020. The summed E-state index contributed by atoms with van der Waals surface area (Å²) in [5.74, 6) is 1.08. The largest absolute Gasteiger partial charge is 0.469 e. The standard InChI is InChI=1S/C21H24N4O2S/c1-7-9-15(10-8-2)19-18-12(3)13(4)28-21(18)25-14(5)23-24-20(25)16(22-19)11-17(26)27-6/h7-10,16H,1,11H2,2-6H3/b10-8-,15-9+/t16-/m0/s1. The first-order valence-electron chi connectivity index (χ1n) is 9.05. The molecule has 0 bridgehead atoms. The fraction of sp³-hybridized carbons (Fsp3) is 0.333. The number of aromatic nitrogens is 3. The molecule has 1 aliphatic heterocycles. The minimum atomic E-state index is -0.485. The molecule has 0 saturated heterocycles. The fourth-order valence-corrected chi connectivity index (χ4v) is 4.50. The molecule has 1 atom stereocenters. The van der Waals surface area contributed by atoms with Gasteiger partial charge in [0, 0.05) is 16.0 Å². The van der Waals surface area contributed by atoms with E-state index in [4.69, 9.17) is 9.73 Å². The molecule has 0 unspecified atom stereocenters. The molecule has 1 aliphatic rings. The lowest BCUT2D eigenvalue weighted by Crippen LogP contribution is -2.12. The zero-order valence-corrected chi connectivity index (χ0v) is 17.6. The number of nitrogens with zero attached hydrogens (tertiary/aromatic N) is 4. The van der Waals surface area contributed by atoms with E-state index in [1.165, 1.54) is 12.0 Å². The van der Waals surface area contributed by atoms with E-state index in [1.807, 2.05) is 36.6 Å². The Morgan fingerprint density at radius 2 is 2.07 bits per heavy atom. The maximum absolute atomic E-state index is 12.1. The highest BCUT2D eigenvalue weighted by atomic mass is 32.1. The highest BCUT2D eigenvalue weighted by Gasteiger charge is 2.32. The Kier molecular flexibility index (Phi) is 5.74. The van der Waals surface area contributed by atoms with Crippen LogP contribution in [0.1, 0.15) is 47.0 Å². The van der Waals surface area contributed by atoms with Gasteiger partial charge in [0.05, 0.1) is 19.2 Å². The lowest BCUT2D eigenvalue weighted by molar-refractivity contribution is -0.141. The van der Waals surface area contributed by atoms with Gasteiger partial charge in [0.25, 0.3) is 0 Å². The lowest BCUT2D eigenvalue weighted by atomic mass is 9.98. The maximum Gasteiger partial charge on any atom is 0.308 e. The van der Waals surface area contributed by atoms with Crippen LogP contribution in [0.2, 0.25) is 0 Å². The Morgan fingerprint density at radius 3 is 2.71 bits per heavy atom. The highest BCUT2D eigenvalue weighted by Crippen LogP contribution is 2.39. The van der Waals surface area contributed by atoms with E-state index in [0.29, 0.717) is 5.82 Å². The average molecular weight is 397 g/mol. The summed E-state index contributed by atoms with van der Waals surface area (Å²) in [6, 6.07) is -0.485. The Labute approximate surface area is 169 Å². The number of aliphatic imine (C=N–C) groups is 1. The predicted octanol–water partition coefficient (Wildman–Crippen LogP) is 4.35. The first-order valence-corrected chi connectivity index (χ1v) is 9.87. The number of ether oxygens (including phenoxy) is 1. The number of rotatable bonds is 5. The molecule has 28 heavy (non-hydrogen) atoms. The summed E-state index contributed by atoms with van der Waals surface area (Å²) in [6.07, 6.45) is 7.76. The topological polar surface area (TPSA) is 69.4 Å². The zero-order valence-electron chi connectivity index (χ0n) is 16.8. The third-order valence-electron chi connectivity index (χ3n) is 4.74. The van der Waals surface area contributed by atoms with Gasteiger partial charge >= 0.3 is 5.97 Å². The maximum atomic E-state index is 12.1. The molecule has 0 spiro atoms. The van der Waals surface area contributed by atoms with Gasteiger partial charge in [-0.2, -0.15) is 0 Å². The summed E-state index contributed by atoms with van der Waals surface area (Å²) in [5, 5.41) is 9.64. The summed E-state index contributed by atoms with van der Waals surface area (Å²) in [4.78, 5) is 18.3. The first-order chi connectivity index (χ1) is 13.4. The molecule has 3 heterocycles. The number of hydrogen-bond acceptors (Lipinski definition) is 6. The number of aryl methyl sites for hydroxylation is 2. The number of methoxy groups -OCH3 is 1. The molecule has 146 valence electrons. The van der Waals surface area contributed by atoms with Crippen LogP contribution >= 0.6 is 11.3 Å². The Hall–Kier alpha value is -2.80. The molecule has 6 nitrogen and oxygen atoms in total. The van der Waals surface area contributed by atoms with Gasteiger partial charge < -0.3 is 4.74 Å². The second kappa shape index (κ2) is 8.06. The van der Waals surface area contributed by atoms with Crippen LogP contribution in [0.5, 0.6) is 0 Å². The van der Waals surface area contributed by atoms with Crippen LogP contribution in [0.3, 0.4) is 0 Å². The number of thiophene rings is 1. The summed E-state index contributed by atoms with van der Waals surface area (Å²) in [6.45, 7) is 11.9. The summed E-state index contributed by atoms with van der Waals surface area (Å²) >= 11 is 1.68. The van der Waals surface area contributed by atoms with E-state index in [0.717, 1.165) is 33.2 Å². The summed E-state index contributed by atoms with van der Waals surface area (Å²) in [7, 11) is 1.38. The monoisotopic (exact) mass is 396 g/mol. The molecule has 7 heteroatoms. The van der Waals surface area contributed by atoms with Gasteiger partial charge in [-0.3, -0.25) is 14.4 Å². The second-order valence-corrected chi connectivity index (χ2v) is 7.74. The molecular formula is C21H24N4O2S. The van der Waals surface area contributed by atoms with E-state index < -0.39 is 6.04 Å². The smallest absolute Gasteiger partial charge is 0.308 e. The molecule has 0 radical (unpaired) electrons. The van der Waals surface area contributed by atoms with Crippen LogP contribution in [-0.2, 0) is 9.53 Å². The van der Waals surface area contributed by atoms with Crippen molar-refractivity contribution >= 4 is 23.0 Å². The zero-order chi connectivity index (χ0) is 20.4. The molecule has 0 fully saturated rings. The minimum absolute atomic E-state index is 0.0995. The van der Waals surface area contributed by atoms with Crippen molar-refractivity contribution in [2.45, 2.75) is 40.2 Å². The minimum Gasteiger partial charge on any atom is -0.469 e. The van der Waals surface area contributed by atoms with Crippen molar-refractivity contribution in [2.75, 3.05) is 7.11 Å². The van der Waals surface area contributed by atoms with Gasteiger partial charge in [0.1, 0.15) is 16.9 Å². The molecule has 0 N–H and O–H groups in total. The number of fused-ring (bicyclic) bond motifs is 3. The lowest BCUT2D eigenvalue weighted by Gasteiger charge is -2.12. The van der Waals surface area contributed by atoms with Crippen LogP contribution in [0.25, 0.3) is 5.00 Å². The SMILES string of the molecule is C=C/C=C(\C=C/C)C1=N[C@@H](CC(=O)OC)c2nnc(C)n2-c2sc(C)c(C)c21. The predicted molar refractivity (Wildman–Crippen MR) is 112 cm³/mol. The number of carbonyl (C=O) groups excluding carboxylic acids is 1. The van der Waals surface area contributed by atoms with Crippen molar-refractivity contribution in [1.29, 1.82) is 0 Å². The van der Waals surface area contributed by atoms with Crippen molar-refractivity contribution in [1.82, 2.24) is 14.8 Å².